The second-order valence-electron chi connectivity index (χ2n) is 8.47. The number of aromatic nitrogens is 2. The molecule has 0 aliphatic carbocycles. The third kappa shape index (κ3) is 6.41. The van der Waals surface area contributed by atoms with Gasteiger partial charge < -0.3 is 10.6 Å². The van der Waals surface area contributed by atoms with E-state index in [9.17, 15) is 17.6 Å². The van der Waals surface area contributed by atoms with Crippen molar-refractivity contribution in [1.82, 2.24) is 9.97 Å². The number of benzene rings is 2. The predicted octanol–water partition coefficient (Wildman–Crippen LogP) is 5.92. The Morgan fingerprint density at radius 1 is 1.13 bits per heavy atom. The number of alkyl halides is 3. The Morgan fingerprint density at radius 2 is 1.89 bits per heavy atom. The van der Waals surface area contributed by atoms with E-state index in [0.717, 1.165) is 16.8 Å². The minimum absolute atomic E-state index is 0.0199. The molecular weight excluding hydrogens is 498 g/mol. The highest BCUT2D eigenvalue weighted by molar-refractivity contribution is 5.73. The summed E-state index contributed by atoms with van der Waals surface area (Å²) in [5.41, 5.74) is 3.14. The van der Waals surface area contributed by atoms with Crippen molar-refractivity contribution in [3.05, 3.63) is 89.9 Å². The van der Waals surface area contributed by atoms with Crippen LogP contribution >= 0.6 is 0 Å². The summed E-state index contributed by atoms with van der Waals surface area (Å²) in [5, 5.41) is 11.4. The van der Waals surface area contributed by atoms with Gasteiger partial charge in [-0.05, 0) is 60.2 Å². The van der Waals surface area contributed by atoms with Crippen LogP contribution in [0.1, 0.15) is 22.9 Å². The Balaban J connectivity index is 1.61. The van der Waals surface area contributed by atoms with Crippen molar-refractivity contribution < 1.29 is 22.1 Å². The summed E-state index contributed by atoms with van der Waals surface area (Å²) in [4.78, 5) is 8.85. The van der Waals surface area contributed by atoms with Crippen LogP contribution in [-0.4, -0.2) is 47.2 Å². The molecule has 0 amide bonds. The Labute approximate surface area is 217 Å². The van der Waals surface area contributed by atoms with E-state index < -0.39 is 24.6 Å². The number of nitrogens with zero attached hydrogens (tertiary/aromatic N) is 5. The number of halogens is 4. The van der Waals surface area contributed by atoms with Crippen LogP contribution in [0.3, 0.4) is 0 Å². The molecule has 1 aromatic heterocycles. The maximum Gasteiger partial charge on any atom is 0.405 e. The molecule has 3 aromatic rings. The minimum atomic E-state index is -4.46. The van der Waals surface area contributed by atoms with Crippen molar-refractivity contribution >= 4 is 42.1 Å². The molecule has 0 saturated carbocycles. The molecule has 1 atom stereocenters. The number of rotatable bonds is 9. The SMILES string of the molecule is C=CC=NN(C)c1cccc(CNc2nc3c(c(NCC(F)(F)F)n2)[N+](=C)C(c2ccc(F)cc2)C=C3)c1. The number of hydrazone groups is 1. The van der Waals surface area contributed by atoms with Gasteiger partial charge in [0.15, 0.2) is 0 Å². The zero-order valence-electron chi connectivity index (χ0n) is 20.6. The highest BCUT2D eigenvalue weighted by Gasteiger charge is 2.34. The van der Waals surface area contributed by atoms with Gasteiger partial charge in [-0.15, -0.1) is 0 Å². The lowest BCUT2D eigenvalue weighted by atomic mass is 10.0. The average Bonchev–Trinajstić information content (AvgIpc) is 2.89. The van der Waals surface area contributed by atoms with Crippen LogP contribution < -0.4 is 15.6 Å². The summed E-state index contributed by atoms with van der Waals surface area (Å²) in [6, 6.07) is 13.0. The van der Waals surface area contributed by atoms with Gasteiger partial charge in [0.25, 0.3) is 5.69 Å². The van der Waals surface area contributed by atoms with Crippen molar-refractivity contribution in [3.8, 4) is 0 Å². The molecule has 11 heteroatoms. The molecule has 196 valence electrons. The number of hydrogen-bond acceptors (Lipinski definition) is 6. The van der Waals surface area contributed by atoms with Crippen molar-refractivity contribution in [2.24, 2.45) is 5.10 Å². The second kappa shape index (κ2) is 11.2. The van der Waals surface area contributed by atoms with Gasteiger partial charge in [0, 0.05) is 25.4 Å². The largest absolute Gasteiger partial charge is 0.405 e. The van der Waals surface area contributed by atoms with Crippen molar-refractivity contribution in [3.63, 3.8) is 0 Å². The molecule has 0 radical (unpaired) electrons. The van der Waals surface area contributed by atoms with Gasteiger partial charge in [-0.2, -0.15) is 27.8 Å². The van der Waals surface area contributed by atoms with Crippen LogP contribution in [0.15, 0.2) is 72.4 Å². The maximum absolute atomic E-state index is 13.4. The zero-order valence-corrected chi connectivity index (χ0v) is 20.6. The summed E-state index contributed by atoms with van der Waals surface area (Å²) in [5.74, 6) is -0.263. The number of anilines is 3. The number of allylic oxidation sites excluding steroid dienone is 1. The predicted molar refractivity (Wildman–Crippen MR) is 143 cm³/mol. The molecule has 0 spiro atoms. The van der Waals surface area contributed by atoms with Gasteiger partial charge in [0.05, 0.1) is 5.69 Å². The molecular formula is C27H26F4N7+. The molecule has 1 aliphatic rings. The van der Waals surface area contributed by atoms with Crippen LogP contribution in [0.5, 0.6) is 0 Å². The fourth-order valence-corrected chi connectivity index (χ4v) is 3.90. The number of nitrogens with one attached hydrogen (secondary N) is 2. The van der Waals surface area contributed by atoms with E-state index in [1.807, 2.05) is 24.3 Å². The smallest absolute Gasteiger partial charge is 0.355 e. The summed E-state index contributed by atoms with van der Waals surface area (Å²) < 4.78 is 54.2. The van der Waals surface area contributed by atoms with Gasteiger partial charge in [0.2, 0.25) is 17.8 Å². The first kappa shape index (κ1) is 26.5. The molecule has 2 aromatic carbocycles. The Bertz CT molecular complexity index is 1380. The molecule has 0 fully saturated rings. The van der Waals surface area contributed by atoms with Gasteiger partial charge >= 0.3 is 6.18 Å². The summed E-state index contributed by atoms with van der Waals surface area (Å²) in [6.07, 6.45) is 2.18. The molecule has 7 nitrogen and oxygen atoms in total. The molecule has 2 heterocycles. The van der Waals surface area contributed by atoms with Crippen molar-refractivity contribution in [2.45, 2.75) is 18.8 Å². The van der Waals surface area contributed by atoms with Gasteiger partial charge in [-0.25, -0.2) is 9.37 Å². The molecule has 0 bridgehead atoms. The summed E-state index contributed by atoms with van der Waals surface area (Å²) in [7, 11) is 1.80. The number of hydrogen-bond donors (Lipinski definition) is 2. The van der Waals surface area contributed by atoms with E-state index in [2.05, 4.69) is 39.0 Å². The molecule has 1 aliphatic heterocycles. The van der Waals surface area contributed by atoms with Gasteiger partial charge in [-0.3, -0.25) is 5.01 Å². The van der Waals surface area contributed by atoms with Crippen LogP contribution in [0.25, 0.3) is 6.08 Å². The lowest BCUT2D eigenvalue weighted by Crippen LogP contribution is -2.25. The van der Waals surface area contributed by atoms with Gasteiger partial charge in [-0.1, -0.05) is 18.7 Å². The first-order valence-corrected chi connectivity index (χ1v) is 11.6. The quantitative estimate of drug-likeness (QED) is 0.157. The van der Waals surface area contributed by atoms with Crippen LogP contribution in [-0.2, 0) is 6.54 Å². The Hall–Kier alpha value is -4.54. The highest BCUT2D eigenvalue weighted by atomic mass is 19.4. The first-order chi connectivity index (χ1) is 18.1. The third-order valence-electron chi connectivity index (χ3n) is 5.72. The second-order valence-corrected chi connectivity index (χ2v) is 8.47. The molecule has 2 N–H and O–H groups in total. The molecule has 0 saturated heterocycles. The van der Waals surface area contributed by atoms with E-state index in [4.69, 9.17) is 0 Å². The van der Waals surface area contributed by atoms with E-state index in [1.54, 1.807) is 48.6 Å². The first-order valence-electron chi connectivity index (χ1n) is 11.6. The average molecular weight is 525 g/mol. The molecule has 1 unspecified atom stereocenters. The third-order valence-corrected chi connectivity index (χ3v) is 5.72. The van der Waals surface area contributed by atoms with E-state index >= 15 is 0 Å². The lowest BCUT2D eigenvalue weighted by molar-refractivity contribution is -0.469. The fourth-order valence-electron chi connectivity index (χ4n) is 3.90. The minimum Gasteiger partial charge on any atom is -0.355 e. The van der Waals surface area contributed by atoms with Crippen molar-refractivity contribution in [2.75, 3.05) is 29.2 Å². The van der Waals surface area contributed by atoms with Crippen LogP contribution in [0, 0.1) is 5.82 Å². The highest BCUT2D eigenvalue weighted by Crippen LogP contribution is 2.38. The van der Waals surface area contributed by atoms with Crippen LogP contribution in [0.4, 0.5) is 40.7 Å². The summed E-state index contributed by atoms with van der Waals surface area (Å²) >= 11 is 0. The van der Waals surface area contributed by atoms with Gasteiger partial charge in [0.1, 0.15) is 24.8 Å². The monoisotopic (exact) mass is 524 g/mol. The topological polar surface area (TPSA) is 68.5 Å². The Morgan fingerprint density at radius 3 is 2.61 bits per heavy atom. The summed E-state index contributed by atoms with van der Waals surface area (Å²) in [6.45, 7) is 6.68. The van der Waals surface area contributed by atoms with E-state index in [1.165, 1.54) is 16.7 Å². The maximum atomic E-state index is 13.4. The van der Waals surface area contributed by atoms with E-state index in [0.29, 0.717) is 17.9 Å². The standard InChI is InChI=1S/C27H26F4N7/c1-4-14-34-38(3)21-7-5-6-18(15-21)16-32-26-35-22-12-13-23(19-8-10-20(28)11-9-19)37(2)24(22)25(36-26)33-17-27(29,30)31/h4-15,23H,1-2,16-17H2,3H3,(H2,32,33,35,36)/q+1. The lowest BCUT2D eigenvalue weighted by Gasteiger charge is -2.20. The normalized spacial score (nSPS) is 14.9. The molecule has 38 heavy (non-hydrogen) atoms. The zero-order chi connectivity index (χ0) is 27.3. The fraction of sp³-hybridized carbons (Fsp3) is 0.185. The number of fused-ring (bicyclic) bond motifs is 1. The van der Waals surface area contributed by atoms with Crippen LogP contribution in [0.2, 0.25) is 0 Å². The Kier molecular flexibility index (Phi) is 7.85. The molecule has 4 rings (SSSR count). The van der Waals surface area contributed by atoms with E-state index in [-0.39, 0.29) is 11.8 Å². The van der Waals surface area contributed by atoms with Crippen molar-refractivity contribution in [1.29, 1.82) is 0 Å².